The molecule has 1 amide bonds. The fourth-order valence-electron chi connectivity index (χ4n) is 2.77. The highest BCUT2D eigenvalue weighted by Gasteiger charge is 2.10. The van der Waals surface area contributed by atoms with Gasteiger partial charge < -0.3 is 4.57 Å². The van der Waals surface area contributed by atoms with E-state index in [0.717, 1.165) is 22.6 Å². The van der Waals surface area contributed by atoms with Gasteiger partial charge in [-0.05, 0) is 72.2 Å². The van der Waals surface area contributed by atoms with E-state index in [1.807, 2.05) is 30.5 Å². The molecule has 3 aromatic rings. The van der Waals surface area contributed by atoms with Gasteiger partial charge in [-0.25, -0.2) is 9.82 Å². The smallest absolute Gasteiger partial charge is 0.272 e. The third kappa shape index (κ3) is 3.75. The third-order valence-corrected chi connectivity index (χ3v) is 4.73. The fourth-order valence-corrected chi connectivity index (χ4v) is 3.24. The first-order valence-corrected chi connectivity index (χ1v) is 8.79. The molecule has 0 aliphatic carbocycles. The first-order chi connectivity index (χ1) is 12.5. The summed E-state index contributed by atoms with van der Waals surface area (Å²) in [5.74, 6) is -0.561. The van der Waals surface area contributed by atoms with E-state index in [0.29, 0.717) is 10.0 Å². The Labute approximate surface area is 159 Å². The maximum absolute atomic E-state index is 13.1. The van der Waals surface area contributed by atoms with Crippen LogP contribution in [0.5, 0.6) is 0 Å². The highest BCUT2D eigenvalue weighted by molar-refractivity contribution is 9.10. The molecule has 3 rings (SSSR count). The number of halogens is 2. The SMILES string of the molecule is Cc1cc(/C=N\NC(=O)c2ccccc2Br)c(C)n1-c1ccc(F)cc1. The standard InChI is InChI=1S/C20H17BrFN3O/c1-13-11-15(14(2)25(13)17-9-7-16(22)8-10-17)12-23-24-20(26)18-5-3-4-6-19(18)21/h3-12H,1-2H3,(H,24,26)/b23-12-. The van der Waals surface area contributed by atoms with Gasteiger partial charge in [-0.3, -0.25) is 4.79 Å². The Morgan fingerprint density at radius 1 is 1.15 bits per heavy atom. The monoisotopic (exact) mass is 413 g/mol. The first kappa shape index (κ1) is 18.1. The molecule has 26 heavy (non-hydrogen) atoms. The zero-order valence-corrected chi connectivity index (χ0v) is 15.9. The Balaban J connectivity index is 1.79. The Kier molecular flexibility index (Phi) is 5.32. The molecule has 2 aromatic carbocycles. The van der Waals surface area contributed by atoms with Crippen LogP contribution in [0.3, 0.4) is 0 Å². The van der Waals surface area contributed by atoms with Crippen molar-refractivity contribution >= 4 is 28.1 Å². The van der Waals surface area contributed by atoms with E-state index in [-0.39, 0.29) is 11.7 Å². The van der Waals surface area contributed by atoms with E-state index >= 15 is 0 Å². The molecule has 0 bridgehead atoms. The van der Waals surface area contributed by atoms with Gasteiger partial charge >= 0.3 is 0 Å². The summed E-state index contributed by atoms with van der Waals surface area (Å²) in [5, 5.41) is 4.06. The summed E-state index contributed by atoms with van der Waals surface area (Å²) in [4.78, 5) is 12.2. The van der Waals surface area contributed by atoms with E-state index in [2.05, 4.69) is 26.5 Å². The molecule has 4 nitrogen and oxygen atoms in total. The predicted octanol–water partition coefficient (Wildman–Crippen LogP) is 4.76. The average Bonchev–Trinajstić information content (AvgIpc) is 2.90. The van der Waals surface area contributed by atoms with Crippen LogP contribution in [-0.4, -0.2) is 16.7 Å². The molecule has 0 spiro atoms. The van der Waals surface area contributed by atoms with E-state index in [9.17, 15) is 9.18 Å². The van der Waals surface area contributed by atoms with Crippen molar-refractivity contribution in [3.8, 4) is 5.69 Å². The van der Waals surface area contributed by atoms with Crippen LogP contribution in [0.15, 0.2) is 64.2 Å². The Morgan fingerprint density at radius 3 is 2.54 bits per heavy atom. The van der Waals surface area contributed by atoms with E-state index in [1.165, 1.54) is 12.1 Å². The number of nitrogens with zero attached hydrogens (tertiary/aromatic N) is 2. The van der Waals surface area contributed by atoms with Crippen LogP contribution in [0.2, 0.25) is 0 Å². The Morgan fingerprint density at radius 2 is 1.85 bits per heavy atom. The summed E-state index contributed by atoms with van der Waals surface area (Å²) in [6.45, 7) is 3.92. The van der Waals surface area contributed by atoms with E-state index in [1.54, 1.807) is 36.5 Å². The van der Waals surface area contributed by atoms with Gasteiger partial charge in [0.25, 0.3) is 5.91 Å². The minimum absolute atomic E-state index is 0.271. The minimum atomic E-state index is -0.291. The molecule has 0 saturated carbocycles. The highest BCUT2D eigenvalue weighted by atomic mass is 79.9. The lowest BCUT2D eigenvalue weighted by atomic mass is 10.2. The van der Waals surface area contributed by atoms with Crippen LogP contribution in [0.1, 0.15) is 27.3 Å². The van der Waals surface area contributed by atoms with Crippen molar-refractivity contribution in [3.05, 3.63) is 87.4 Å². The molecular formula is C20H17BrFN3O. The largest absolute Gasteiger partial charge is 0.318 e. The quantitative estimate of drug-likeness (QED) is 0.486. The van der Waals surface area contributed by atoms with Crippen molar-refractivity contribution in [1.29, 1.82) is 0 Å². The average molecular weight is 414 g/mol. The van der Waals surface area contributed by atoms with Crippen LogP contribution >= 0.6 is 15.9 Å². The van der Waals surface area contributed by atoms with Crippen molar-refractivity contribution in [2.24, 2.45) is 5.10 Å². The maximum Gasteiger partial charge on any atom is 0.272 e. The number of aromatic nitrogens is 1. The lowest BCUT2D eigenvalue weighted by Gasteiger charge is -2.09. The number of hydrogen-bond acceptors (Lipinski definition) is 2. The first-order valence-electron chi connectivity index (χ1n) is 8.00. The molecule has 1 heterocycles. The molecule has 0 radical (unpaired) electrons. The maximum atomic E-state index is 13.1. The molecule has 0 saturated heterocycles. The number of amides is 1. The number of carbonyl (C=O) groups excluding carboxylic acids is 1. The fraction of sp³-hybridized carbons (Fsp3) is 0.100. The van der Waals surface area contributed by atoms with Crippen LogP contribution < -0.4 is 5.43 Å². The molecule has 1 N–H and O–H groups in total. The molecule has 0 fully saturated rings. The van der Waals surface area contributed by atoms with Gasteiger partial charge in [0.15, 0.2) is 0 Å². The van der Waals surface area contributed by atoms with Crippen molar-refractivity contribution in [2.45, 2.75) is 13.8 Å². The third-order valence-electron chi connectivity index (χ3n) is 4.04. The number of benzene rings is 2. The van der Waals surface area contributed by atoms with Crippen molar-refractivity contribution in [3.63, 3.8) is 0 Å². The van der Waals surface area contributed by atoms with Crippen LogP contribution in [-0.2, 0) is 0 Å². The van der Waals surface area contributed by atoms with E-state index in [4.69, 9.17) is 0 Å². The van der Waals surface area contributed by atoms with Gasteiger partial charge in [-0.15, -0.1) is 0 Å². The number of rotatable bonds is 4. The molecular weight excluding hydrogens is 397 g/mol. The summed E-state index contributed by atoms with van der Waals surface area (Å²) in [6.07, 6.45) is 1.61. The molecule has 0 aliphatic heterocycles. The second-order valence-corrected chi connectivity index (χ2v) is 6.67. The van der Waals surface area contributed by atoms with Crippen LogP contribution in [0, 0.1) is 19.7 Å². The number of carbonyl (C=O) groups is 1. The number of hydrazone groups is 1. The minimum Gasteiger partial charge on any atom is -0.318 e. The Bertz CT molecular complexity index is 977. The van der Waals surface area contributed by atoms with Crippen molar-refractivity contribution in [2.75, 3.05) is 0 Å². The second-order valence-electron chi connectivity index (χ2n) is 5.82. The molecule has 132 valence electrons. The molecule has 0 unspecified atom stereocenters. The van der Waals surface area contributed by atoms with Gasteiger partial charge in [0.05, 0.1) is 11.8 Å². The van der Waals surface area contributed by atoms with Gasteiger partial charge in [0.1, 0.15) is 5.82 Å². The second kappa shape index (κ2) is 7.66. The predicted molar refractivity (Wildman–Crippen MR) is 104 cm³/mol. The summed E-state index contributed by atoms with van der Waals surface area (Å²) in [7, 11) is 0. The Hall–Kier alpha value is -2.73. The molecule has 6 heteroatoms. The zero-order chi connectivity index (χ0) is 18.7. The summed E-state index contributed by atoms with van der Waals surface area (Å²) >= 11 is 3.35. The van der Waals surface area contributed by atoms with Crippen molar-refractivity contribution in [1.82, 2.24) is 9.99 Å². The molecule has 0 aliphatic rings. The normalized spacial score (nSPS) is 11.1. The number of hydrogen-bond donors (Lipinski definition) is 1. The summed E-state index contributed by atoms with van der Waals surface area (Å²) < 4.78 is 15.9. The van der Waals surface area contributed by atoms with Gasteiger partial charge in [0, 0.05) is 27.1 Å². The van der Waals surface area contributed by atoms with Gasteiger partial charge in [-0.2, -0.15) is 5.10 Å². The zero-order valence-electron chi connectivity index (χ0n) is 14.3. The highest BCUT2D eigenvalue weighted by Crippen LogP contribution is 2.20. The topological polar surface area (TPSA) is 46.4 Å². The summed E-state index contributed by atoms with van der Waals surface area (Å²) in [6, 6.07) is 15.4. The van der Waals surface area contributed by atoms with Gasteiger partial charge in [-0.1, -0.05) is 12.1 Å². The van der Waals surface area contributed by atoms with Crippen LogP contribution in [0.25, 0.3) is 5.69 Å². The lowest BCUT2D eigenvalue weighted by molar-refractivity contribution is 0.0954. The van der Waals surface area contributed by atoms with Crippen molar-refractivity contribution < 1.29 is 9.18 Å². The van der Waals surface area contributed by atoms with Gasteiger partial charge in [0.2, 0.25) is 0 Å². The lowest BCUT2D eigenvalue weighted by Crippen LogP contribution is -2.18. The molecule has 0 atom stereocenters. The molecule has 1 aromatic heterocycles. The number of aryl methyl sites for hydroxylation is 1. The number of nitrogens with one attached hydrogen (secondary N) is 1. The summed E-state index contributed by atoms with van der Waals surface area (Å²) in [5.41, 5.74) is 6.74. The van der Waals surface area contributed by atoms with E-state index < -0.39 is 0 Å². The van der Waals surface area contributed by atoms with Crippen LogP contribution in [0.4, 0.5) is 4.39 Å².